The molecule has 4 nitrogen and oxygen atoms in total. The summed E-state index contributed by atoms with van der Waals surface area (Å²) in [5, 5.41) is 2.23. The van der Waals surface area contributed by atoms with E-state index in [9.17, 15) is 0 Å². The highest BCUT2D eigenvalue weighted by Crippen LogP contribution is 2.35. The molecule has 0 amide bonds. The average Bonchev–Trinajstić information content (AvgIpc) is 3.57. The molecule has 0 spiro atoms. The van der Waals surface area contributed by atoms with Crippen molar-refractivity contribution >= 4 is 21.9 Å². The molecule has 0 radical (unpaired) electrons. The van der Waals surface area contributed by atoms with Gasteiger partial charge < -0.3 is 4.42 Å². The third-order valence-corrected chi connectivity index (χ3v) is 8.99. The minimum atomic E-state index is 0.623. The lowest BCUT2D eigenvalue weighted by Gasteiger charge is -2.12. The summed E-state index contributed by atoms with van der Waals surface area (Å²) in [6.07, 6.45) is 0. The predicted octanol–water partition coefficient (Wildman–Crippen LogP) is 11.8. The number of benzene rings is 7. The van der Waals surface area contributed by atoms with Crippen LogP contribution < -0.4 is 0 Å². The van der Waals surface area contributed by atoms with Gasteiger partial charge >= 0.3 is 0 Å². The molecule has 0 unspecified atom stereocenters. The largest absolute Gasteiger partial charge is 0.456 e. The van der Waals surface area contributed by atoms with Gasteiger partial charge in [0.2, 0.25) is 0 Å². The van der Waals surface area contributed by atoms with Crippen LogP contribution in [-0.2, 0) is 0 Å². The Bertz CT molecular complexity index is 2570. The first-order valence-corrected chi connectivity index (χ1v) is 16.4. The van der Waals surface area contributed by atoms with E-state index >= 15 is 0 Å². The van der Waals surface area contributed by atoms with Gasteiger partial charge in [0.25, 0.3) is 0 Å². The zero-order valence-corrected chi connectivity index (χ0v) is 26.5. The molecule has 0 aliphatic rings. The number of nitrogens with zero attached hydrogens (tertiary/aromatic N) is 3. The summed E-state index contributed by atoms with van der Waals surface area (Å²) in [4.78, 5) is 15.2. The van der Waals surface area contributed by atoms with Crippen molar-refractivity contribution in [3.8, 4) is 67.5 Å². The molecule has 2 heterocycles. The first kappa shape index (κ1) is 28.6. The minimum absolute atomic E-state index is 0.623. The van der Waals surface area contributed by atoms with Crippen LogP contribution in [0.25, 0.3) is 89.5 Å². The molecule has 0 bridgehead atoms. The van der Waals surface area contributed by atoms with E-state index in [1.54, 1.807) is 0 Å². The van der Waals surface area contributed by atoms with Crippen LogP contribution in [0.1, 0.15) is 0 Å². The van der Waals surface area contributed by atoms with E-state index in [0.29, 0.717) is 17.5 Å². The molecule has 9 rings (SSSR count). The van der Waals surface area contributed by atoms with Crippen LogP contribution in [0.3, 0.4) is 0 Å². The second kappa shape index (κ2) is 12.2. The number of hydrogen-bond acceptors (Lipinski definition) is 4. The Kier molecular flexibility index (Phi) is 7.10. The van der Waals surface area contributed by atoms with Gasteiger partial charge in [-0.3, -0.25) is 0 Å². The summed E-state index contributed by atoms with van der Waals surface area (Å²) in [5.41, 5.74) is 11.3. The summed E-state index contributed by atoms with van der Waals surface area (Å²) < 4.78 is 6.06. The lowest BCUT2D eigenvalue weighted by atomic mass is 9.99. The Morgan fingerprint density at radius 2 is 0.735 bits per heavy atom. The zero-order chi connectivity index (χ0) is 32.6. The van der Waals surface area contributed by atoms with Crippen molar-refractivity contribution in [3.63, 3.8) is 0 Å². The van der Waals surface area contributed by atoms with Crippen molar-refractivity contribution in [1.82, 2.24) is 15.0 Å². The number of para-hydroxylation sites is 1. The smallest absolute Gasteiger partial charge is 0.164 e. The lowest BCUT2D eigenvalue weighted by Crippen LogP contribution is -2.01. The Morgan fingerprint density at radius 1 is 0.286 bits per heavy atom. The van der Waals surface area contributed by atoms with Gasteiger partial charge in [-0.05, 0) is 51.6 Å². The normalized spacial score (nSPS) is 11.3. The monoisotopic (exact) mass is 627 g/mol. The van der Waals surface area contributed by atoms with E-state index in [0.717, 1.165) is 66.4 Å². The molecule has 230 valence electrons. The van der Waals surface area contributed by atoms with E-state index in [1.165, 1.54) is 5.56 Å². The van der Waals surface area contributed by atoms with E-state index in [2.05, 4.69) is 140 Å². The first-order chi connectivity index (χ1) is 24.3. The highest BCUT2D eigenvalue weighted by atomic mass is 16.3. The minimum Gasteiger partial charge on any atom is -0.456 e. The van der Waals surface area contributed by atoms with Crippen molar-refractivity contribution in [2.45, 2.75) is 0 Å². The van der Waals surface area contributed by atoms with Crippen LogP contribution in [0.2, 0.25) is 0 Å². The molecule has 4 heteroatoms. The standard InChI is InChI=1S/C45H29N3O/c1-3-11-30(12-4-1)31-19-23-34(24-20-31)43-46-44(48-45(47-43)39-17-8-7-15-37(39)33-13-5-2-6-14-33)35-25-21-32(22-26-35)36-27-28-42-40(29-36)38-16-9-10-18-41(38)49-42/h1-29H. The van der Waals surface area contributed by atoms with Crippen LogP contribution in [0, 0.1) is 0 Å². The van der Waals surface area contributed by atoms with E-state index < -0.39 is 0 Å². The van der Waals surface area contributed by atoms with Gasteiger partial charge in [-0.15, -0.1) is 0 Å². The zero-order valence-electron chi connectivity index (χ0n) is 26.5. The molecule has 2 aromatic heterocycles. The summed E-state index contributed by atoms with van der Waals surface area (Å²) in [6, 6.07) is 60.5. The highest BCUT2D eigenvalue weighted by molar-refractivity contribution is 6.06. The van der Waals surface area contributed by atoms with Gasteiger partial charge in [0.05, 0.1) is 0 Å². The fourth-order valence-corrected chi connectivity index (χ4v) is 6.46. The Hall–Kier alpha value is -6.65. The van der Waals surface area contributed by atoms with Gasteiger partial charge in [-0.1, -0.05) is 158 Å². The molecule has 0 saturated carbocycles. The molecular formula is C45H29N3O. The fraction of sp³-hybridized carbons (Fsp3) is 0. The number of rotatable bonds is 6. The summed E-state index contributed by atoms with van der Waals surface area (Å²) in [5.74, 6) is 1.88. The van der Waals surface area contributed by atoms with E-state index in [1.807, 2.05) is 36.4 Å². The van der Waals surface area contributed by atoms with Gasteiger partial charge in [-0.25, -0.2) is 15.0 Å². The molecule has 9 aromatic rings. The SMILES string of the molecule is c1ccc(-c2ccc(-c3nc(-c4ccc(-c5ccc6oc7ccccc7c6c5)cc4)nc(-c4ccccc4-c4ccccc4)n3)cc2)cc1. The number of fused-ring (bicyclic) bond motifs is 3. The number of aromatic nitrogens is 3. The summed E-state index contributed by atoms with van der Waals surface area (Å²) in [6.45, 7) is 0. The van der Waals surface area contributed by atoms with Crippen molar-refractivity contribution in [3.05, 3.63) is 176 Å². The maximum absolute atomic E-state index is 6.06. The summed E-state index contributed by atoms with van der Waals surface area (Å²) in [7, 11) is 0. The third kappa shape index (κ3) is 5.45. The van der Waals surface area contributed by atoms with E-state index in [4.69, 9.17) is 19.4 Å². The molecule has 0 atom stereocenters. The molecule has 0 aliphatic heterocycles. The molecule has 7 aromatic carbocycles. The van der Waals surface area contributed by atoms with Crippen molar-refractivity contribution in [1.29, 1.82) is 0 Å². The molecule has 0 fully saturated rings. The number of furan rings is 1. The first-order valence-electron chi connectivity index (χ1n) is 16.4. The Morgan fingerprint density at radius 3 is 1.41 bits per heavy atom. The van der Waals surface area contributed by atoms with Crippen molar-refractivity contribution in [2.24, 2.45) is 0 Å². The Labute approximate surface area is 284 Å². The molecule has 0 N–H and O–H groups in total. The topological polar surface area (TPSA) is 51.8 Å². The Balaban J connectivity index is 1.14. The van der Waals surface area contributed by atoms with Gasteiger partial charge in [0, 0.05) is 27.5 Å². The molecule has 0 saturated heterocycles. The van der Waals surface area contributed by atoms with Crippen molar-refractivity contribution < 1.29 is 4.42 Å². The van der Waals surface area contributed by atoms with E-state index in [-0.39, 0.29) is 0 Å². The van der Waals surface area contributed by atoms with Crippen LogP contribution in [-0.4, -0.2) is 15.0 Å². The maximum Gasteiger partial charge on any atom is 0.164 e. The third-order valence-electron chi connectivity index (χ3n) is 8.99. The quantitative estimate of drug-likeness (QED) is 0.184. The summed E-state index contributed by atoms with van der Waals surface area (Å²) >= 11 is 0. The van der Waals surface area contributed by atoms with Crippen LogP contribution in [0.15, 0.2) is 180 Å². The lowest BCUT2D eigenvalue weighted by molar-refractivity contribution is 0.669. The maximum atomic E-state index is 6.06. The molecule has 0 aliphatic carbocycles. The van der Waals surface area contributed by atoms with Gasteiger partial charge in [-0.2, -0.15) is 0 Å². The second-order valence-corrected chi connectivity index (χ2v) is 12.0. The van der Waals surface area contributed by atoms with Crippen LogP contribution >= 0.6 is 0 Å². The van der Waals surface area contributed by atoms with Crippen LogP contribution in [0.5, 0.6) is 0 Å². The van der Waals surface area contributed by atoms with Crippen LogP contribution in [0.4, 0.5) is 0 Å². The number of hydrogen-bond donors (Lipinski definition) is 0. The predicted molar refractivity (Wildman–Crippen MR) is 200 cm³/mol. The fourth-order valence-electron chi connectivity index (χ4n) is 6.46. The molecule has 49 heavy (non-hydrogen) atoms. The second-order valence-electron chi connectivity index (χ2n) is 12.0. The van der Waals surface area contributed by atoms with Gasteiger partial charge in [0.15, 0.2) is 17.5 Å². The van der Waals surface area contributed by atoms with Gasteiger partial charge in [0.1, 0.15) is 11.2 Å². The van der Waals surface area contributed by atoms with Crippen molar-refractivity contribution in [2.75, 3.05) is 0 Å². The average molecular weight is 628 g/mol. The highest BCUT2D eigenvalue weighted by Gasteiger charge is 2.16. The molecular weight excluding hydrogens is 599 g/mol.